The maximum atomic E-state index is 5.54. The fraction of sp³-hybridized carbons (Fsp3) is 0.533. The van der Waals surface area contributed by atoms with Gasteiger partial charge in [-0.2, -0.15) is 0 Å². The van der Waals surface area contributed by atoms with E-state index in [-0.39, 0.29) is 0 Å². The molecule has 0 amide bonds. The van der Waals surface area contributed by atoms with E-state index in [9.17, 15) is 0 Å². The summed E-state index contributed by atoms with van der Waals surface area (Å²) in [6.07, 6.45) is 0. The van der Waals surface area contributed by atoms with Crippen LogP contribution < -0.4 is 0 Å². The van der Waals surface area contributed by atoms with Gasteiger partial charge in [0.15, 0.2) is 4.77 Å². The molecule has 3 rings (SSSR count). The van der Waals surface area contributed by atoms with Gasteiger partial charge in [-0.25, -0.2) is 0 Å². The molecule has 1 N–H and O–H groups in total. The Kier molecular flexibility index (Phi) is 2.17. The lowest BCUT2D eigenvalue weighted by atomic mass is 10.0. The minimum absolute atomic E-state index is 0.296. The Morgan fingerprint density at radius 1 is 1.17 bits per heavy atom. The normalized spacial score (nSPS) is 21.4. The highest BCUT2D eigenvalue weighted by molar-refractivity contribution is 7.71. The molecule has 18 heavy (non-hydrogen) atoms. The maximum Gasteiger partial charge on any atom is 0.178 e. The molecule has 0 atom stereocenters. The number of hydrogen-bond acceptors (Lipinski definition) is 1. The highest BCUT2D eigenvalue weighted by Crippen LogP contribution is 2.71. The smallest absolute Gasteiger partial charge is 0.178 e. The fourth-order valence-electron chi connectivity index (χ4n) is 3.36. The summed E-state index contributed by atoms with van der Waals surface area (Å²) < 4.78 is 3.17. The monoisotopic (exact) mass is 260 g/mol. The van der Waals surface area contributed by atoms with E-state index in [2.05, 4.69) is 62.4 Å². The van der Waals surface area contributed by atoms with Crippen LogP contribution in [0.15, 0.2) is 18.2 Å². The van der Waals surface area contributed by atoms with E-state index in [4.69, 9.17) is 12.2 Å². The van der Waals surface area contributed by atoms with Gasteiger partial charge in [0.1, 0.15) is 0 Å². The zero-order valence-electron chi connectivity index (χ0n) is 11.7. The molecule has 2 nitrogen and oxygen atoms in total. The van der Waals surface area contributed by atoms with Gasteiger partial charge < -0.3 is 9.55 Å². The molecule has 3 heteroatoms. The van der Waals surface area contributed by atoms with Crippen LogP contribution >= 0.6 is 12.2 Å². The number of nitrogens with one attached hydrogen (secondary N) is 1. The lowest BCUT2D eigenvalue weighted by Crippen LogP contribution is -2.00. The van der Waals surface area contributed by atoms with Crippen LogP contribution in [0.25, 0.3) is 11.0 Å². The van der Waals surface area contributed by atoms with Crippen LogP contribution in [0.4, 0.5) is 0 Å². The lowest BCUT2D eigenvalue weighted by Gasteiger charge is -2.06. The first-order chi connectivity index (χ1) is 8.28. The zero-order chi connectivity index (χ0) is 13.3. The number of aryl methyl sites for hydroxylation is 1. The molecule has 1 saturated carbocycles. The minimum atomic E-state index is 0.296. The summed E-state index contributed by atoms with van der Waals surface area (Å²) in [5.41, 5.74) is 4.27. The standard InChI is InChI=1S/C15H20N2S/c1-9-7-6-8-10-11(9)16-13(18)17(10)12-14(2,3)15(12,4)5/h6-8,12H,1-5H3,(H,16,18). The van der Waals surface area contributed by atoms with Crippen molar-refractivity contribution < 1.29 is 0 Å². The Morgan fingerprint density at radius 3 is 2.33 bits per heavy atom. The van der Waals surface area contributed by atoms with E-state index in [1.165, 1.54) is 16.6 Å². The van der Waals surface area contributed by atoms with E-state index in [0.29, 0.717) is 16.9 Å². The Bertz CT molecular complexity index is 674. The van der Waals surface area contributed by atoms with E-state index in [1.807, 2.05) is 0 Å². The molecule has 1 aliphatic rings. The first-order valence-electron chi connectivity index (χ1n) is 6.48. The van der Waals surface area contributed by atoms with E-state index >= 15 is 0 Å². The number of aromatic amines is 1. The third kappa shape index (κ3) is 1.26. The number of para-hydroxylation sites is 1. The molecule has 1 heterocycles. The minimum Gasteiger partial charge on any atom is -0.330 e. The number of rotatable bonds is 1. The lowest BCUT2D eigenvalue weighted by molar-refractivity contribution is 0.457. The summed E-state index contributed by atoms with van der Waals surface area (Å²) >= 11 is 5.54. The molecule has 0 aliphatic heterocycles. The van der Waals surface area contributed by atoms with Crippen molar-refractivity contribution in [1.82, 2.24) is 9.55 Å². The van der Waals surface area contributed by atoms with Crippen molar-refractivity contribution in [2.75, 3.05) is 0 Å². The Balaban J connectivity index is 2.30. The van der Waals surface area contributed by atoms with Crippen molar-refractivity contribution in [2.24, 2.45) is 10.8 Å². The Labute approximate surface area is 113 Å². The van der Waals surface area contributed by atoms with Crippen molar-refractivity contribution in [2.45, 2.75) is 40.7 Å². The number of imidazole rings is 1. The van der Waals surface area contributed by atoms with E-state index < -0.39 is 0 Å². The van der Waals surface area contributed by atoms with Crippen LogP contribution in [0.5, 0.6) is 0 Å². The van der Waals surface area contributed by atoms with Gasteiger partial charge in [0.2, 0.25) is 0 Å². The molecule has 2 aromatic rings. The van der Waals surface area contributed by atoms with Gasteiger partial charge in [0.05, 0.1) is 11.0 Å². The zero-order valence-corrected chi connectivity index (χ0v) is 12.5. The van der Waals surface area contributed by atoms with Crippen molar-refractivity contribution >= 4 is 23.3 Å². The predicted molar refractivity (Wildman–Crippen MR) is 78.5 cm³/mol. The van der Waals surface area contributed by atoms with Gasteiger partial charge in [-0.15, -0.1) is 0 Å². The molecule has 0 bridgehead atoms. The van der Waals surface area contributed by atoms with Gasteiger partial charge in [-0.3, -0.25) is 0 Å². The van der Waals surface area contributed by atoms with Crippen LogP contribution in [0.3, 0.4) is 0 Å². The number of benzene rings is 1. The van der Waals surface area contributed by atoms with Crippen molar-refractivity contribution in [3.05, 3.63) is 28.5 Å². The molecule has 0 saturated heterocycles. The largest absolute Gasteiger partial charge is 0.330 e. The van der Waals surface area contributed by atoms with Crippen molar-refractivity contribution in [3.8, 4) is 0 Å². The summed E-state index contributed by atoms with van der Waals surface area (Å²) in [5, 5.41) is 0. The second-order valence-corrected chi connectivity index (χ2v) is 7.00. The molecule has 1 aliphatic carbocycles. The topological polar surface area (TPSA) is 20.7 Å². The van der Waals surface area contributed by atoms with E-state index in [1.54, 1.807) is 0 Å². The summed E-state index contributed by atoms with van der Waals surface area (Å²) in [6.45, 7) is 11.4. The summed E-state index contributed by atoms with van der Waals surface area (Å²) in [6, 6.07) is 6.88. The third-order valence-corrected chi connectivity index (χ3v) is 5.46. The molecule has 1 aromatic heterocycles. The molecule has 0 spiro atoms. The average molecular weight is 260 g/mol. The number of hydrogen-bond donors (Lipinski definition) is 1. The summed E-state index contributed by atoms with van der Waals surface area (Å²) in [7, 11) is 0. The maximum absolute atomic E-state index is 5.54. The summed E-state index contributed by atoms with van der Waals surface area (Å²) in [4.78, 5) is 3.37. The van der Waals surface area contributed by atoms with Crippen LogP contribution in [-0.4, -0.2) is 9.55 Å². The van der Waals surface area contributed by atoms with Crippen LogP contribution in [0.2, 0.25) is 0 Å². The number of aromatic nitrogens is 2. The number of nitrogens with zero attached hydrogens (tertiary/aromatic N) is 1. The highest BCUT2D eigenvalue weighted by atomic mass is 32.1. The van der Waals surface area contributed by atoms with Crippen LogP contribution in [0, 0.1) is 22.5 Å². The van der Waals surface area contributed by atoms with Gasteiger partial charge in [-0.1, -0.05) is 39.8 Å². The van der Waals surface area contributed by atoms with Crippen LogP contribution in [0.1, 0.15) is 39.3 Å². The summed E-state index contributed by atoms with van der Waals surface area (Å²) in [5.74, 6) is 0. The van der Waals surface area contributed by atoms with Gasteiger partial charge in [0.25, 0.3) is 0 Å². The predicted octanol–water partition coefficient (Wildman–Crippen LogP) is 4.61. The second kappa shape index (κ2) is 3.27. The number of H-pyrrole nitrogens is 1. The fourth-order valence-corrected chi connectivity index (χ4v) is 3.66. The highest BCUT2D eigenvalue weighted by Gasteiger charge is 2.66. The van der Waals surface area contributed by atoms with Crippen molar-refractivity contribution in [3.63, 3.8) is 0 Å². The van der Waals surface area contributed by atoms with Gasteiger partial charge >= 0.3 is 0 Å². The molecule has 1 fully saturated rings. The Morgan fingerprint density at radius 2 is 1.78 bits per heavy atom. The molecular weight excluding hydrogens is 240 g/mol. The van der Waals surface area contributed by atoms with Gasteiger partial charge in [-0.05, 0) is 41.6 Å². The van der Waals surface area contributed by atoms with Crippen LogP contribution in [-0.2, 0) is 0 Å². The molecule has 1 aromatic carbocycles. The Hall–Kier alpha value is -1.09. The van der Waals surface area contributed by atoms with E-state index in [0.717, 1.165) is 4.77 Å². The molecular formula is C15H20N2S. The first-order valence-corrected chi connectivity index (χ1v) is 6.89. The van der Waals surface area contributed by atoms with Gasteiger partial charge in [0, 0.05) is 6.04 Å². The molecule has 0 unspecified atom stereocenters. The second-order valence-electron chi connectivity index (χ2n) is 6.62. The SMILES string of the molecule is Cc1cccc2c1[nH]c(=S)n2C1C(C)(C)C1(C)C. The molecule has 0 radical (unpaired) electrons. The quantitative estimate of drug-likeness (QED) is 0.742. The molecule has 96 valence electrons. The third-order valence-electron chi connectivity index (χ3n) is 5.16. The average Bonchev–Trinajstić information content (AvgIpc) is 2.55. The van der Waals surface area contributed by atoms with Crippen molar-refractivity contribution in [1.29, 1.82) is 0 Å². The first kappa shape index (κ1) is 12.0. The number of fused-ring (bicyclic) bond motifs is 1.